The van der Waals surface area contributed by atoms with Crippen LogP contribution in [-0.4, -0.2) is 54.7 Å². The van der Waals surface area contributed by atoms with Crippen LogP contribution in [0.3, 0.4) is 0 Å². The van der Waals surface area contributed by atoms with E-state index in [-0.39, 0.29) is 49.4 Å². The molecule has 35 heavy (non-hydrogen) atoms. The summed E-state index contributed by atoms with van der Waals surface area (Å²) in [6, 6.07) is 2.76. The first-order valence-electron chi connectivity index (χ1n) is 11.5. The fourth-order valence-corrected chi connectivity index (χ4v) is 3.16. The van der Waals surface area contributed by atoms with Crippen LogP contribution in [0.1, 0.15) is 65.4 Å². The Labute approximate surface area is 204 Å². The molecule has 0 aliphatic carbocycles. The van der Waals surface area contributed by atoms with Gasteiger partial charge >= 0.3 is 24.2 Å². The van der Waals surface area contributed by atoms with Crippen LogP contribution in [0.25, 0.3) is 0 Å². The number of hydrogen-bond acceptors (Lipinski definition) is 10. The number of rotatable bonds is 13. The van der Waals surface area contributed by atoms with E-state index in [4.69, 9.17) is 29.4 Å². The summed E-state index contributed by atoms with van der Waals surface area (Å²) in [4.78, 5) is 47.6. The third-order valence-corrected chi connectivity index (χ3v) is 5.16. The predicted molar refractivity (Wildman–Crippen MR) is 124 cm³/mol. The highest BCUT2D eigenvalue weighted by Gasteiger charge is 2.30. The first-order chi connectivity index (χ1) is 16.5. The van der Waals surface area contributed by atoms with E-state index in [9.17, 15) is 24.3 Å². The zero-order chi connectivity index (χ0) is 26.5. The second-order valence-electron chi connectivity index (χ2n) is 8.00. The molecule has 1 aromatic rings. The molecule has 196 valence electrons. The Morgan fingerprint density at radius 2 is 1.51 bits per heavy atom. The Balaban J connectivity index is 3.25. The van der Waals surface area contributed by atoms with Gasteiger partial charge in [-0.2, -0.15) is 0 Å². The second-order valence-corrected chi connectivity index (χ2v) is 8.00. The van der Waals surface area contributed by atoms with Crippen molar-refractivity contribution in [3.05, 3.63) is 23.8 Å². The molecule has 0 fully saturated rings. The average Bonchev–Trinajstić information content (AvgIpc) is 2.78. The Hall–Kier alpha value is -3.34. The molecule has 0 saturated carbocycles. The van der Waals surface area contributed by atoms with Crippen LogP contribution in [0.15, 0.2) is 18.2 Å². The summed E-state index contributed by atoms with van der Waals surface area (Å²) < 4.78 is 25.2. The van der Waals surface area contributed by atoms with E-state index in [2.05, 4.69) is 0 Å². The van der Waals surface area contributed by atoms with Crippen molar-refractivity contribution in [1.82, 2.24) is 0 Å². The van der Waals surface area contributed by atoms with Crippen LogP contribution in [-0.2, 0) is 23.8 Å². The zero-order valence-corrected chi connectivity index (χ0v) is 20.8. The molecule has 11 heteroatoms. The van der Waals surface area contributed by atoms with Gasteiger partial charge in [0.15, 0.2) is 11.5 Å². The predicted octanol–water partition coefficient (Wildman–Crippen LogP) is 4.01. The van der Waals surface area contributed by atoms with Crippen molar-refractivity contribution in [2.45, 2.75) is 71.9 Å². The Morgan fingerprint density at radius 3 is 2.03 bits per heavy atom. The van der Waals surface area contributed by atoms with E-state index in [1.807, 2.05) is 13.8 Å². The molecule has 3 unspecified atom stereocenters. The number of carboxylic acids is 1. The highest BCUT2D eigenvalue weighted by molar-refractivity contribution is 5.75. The van der Waals surface area contributed by atoms with Crippen LogP contribution in [0.5, 0.6) is 11.5 Å². The van der Waals surface area contributed by atoms with E-state index >= 15 is 0 Å². The number of carbonyl (C=O) groups excluding carboxylic acids is 3. The van der Waals surface area contributed by atoms with Gasteiger partial charge in [-0.1, -0.05) is 26.3 Å². The maximum absolute atomic E-state index is 12.2. The highest BCUT2D eigenvalue weighted by atomic mass is 16.7. The minimum atomic E-state index is -1.36. The smallest absolute Gasteiger partial charge is 0.480 e. The largest absolute Gasteiger partial charge is 0.513 e. The lowest BCUT2D eigenvalue weighted by Crippen LogP contribution is -2.38. The topological polar surface area (TPSA) is 161 Å². The van der Waals surface area contributed by atoms with Crippen molar-refractivity contribution >= 4 is 24.2 Å². The standard InChI is InChI=1S/C24H35NO10/c1-6-14(4)11-20(26)33-15(5)12-17(21(25)22(27)28)16-9-10-18(34-23(29)31-7-2)19(13-16)35-24(30)32-8-3/h9-10,13-15,17,21H,6-8,11-12,25H2,1-5H3,(H,27,28)/t14?,15?,17?,21-/m0/s1. The maximum atomic E-state index is 12.2. The quantitative estimate of drug-likeness (QED) is 0.230. The molecule has 3 N–H and O–H groups in total. The van der Waals surface area contributed by atoms with Crippen molar-refractivity contribution in [3.63, 3.8) is 0 Å². The highest BCUT2D eigenvalue weighted by Crippen LogP contribution is 2.35. The number of benzene rings is 1. The molecule has 0 heterocycles. The number of aliphatic carboxylic acids is 1. The summed E-state index contributed by atoms with van der Waals surface area (Å²) in [7, 11) is 0. The number of ether oxygens (including phenoxy) is 5. The van der Waals surface area contributed by atoms with Crippen LogP contribution < -0.4 is 15.2 Å². The Bertz CT molecular complexity index is 872. The Kier molecular flexibility index (Phi) is 12.6. The molecule has 4 atom stereocenters. The maximum Gasteiger partial charge on any atom is 0.513 e. The SMILES string of the molecule is CCOC(=O)Oc1ccc(C(CC(C)OC(=O)CC(C)CC)[C@H](N)C(=O)O)cc1OC(=O)OCC. The van der Waals surface area contributed by atoms with Crippen LogP contribution >= 0.6 is 0 Å². The summed E-state index contributed by atoms with van der Waals surface area (Å²) in [5.74, 6) is -2.68. The molecule has 0 bridgehead atoms. The van der Waals surface area contributed by atoms with Gasteiger partial charge in [0.05, 0.1) is 19.3 Å². The molecule has 0 spiro atoms. The summed E-state index contributed by atoms with van der Waals surface area (Å²) in [6.07, 6.45) is -1.57. The summed E-state index contributed by atoms with van der Waals surface area (Å²) in [5, 5.41) is 9.55. The summed E-state index contributed by atoms with van der Waals surface area (Å²) in [5.41, 5.74) is 6.31. The number of hydrogen-bond donors (Lipinski definition) is 2. The molecule has 1 aromatic carbocycles. The van der Waals surface area contributed by atoms with Gasteiger partial charge < -0.3 is 34.5 Å². The number of carbonyl (C=O) groups is 4. The van der Waals surface area contributed by atoms with Crippen molar-refractivity contribution < 1.29 is 48.0 Å². The third kappa shape index (κ3) is 10.2. The van der Waals surface area contributed by atoms with Crippen molar-refractivity contribution in [3.8, 4) is 11.5 Å². The molecule has 11 nitrogen and oxygen atoms in total. The number of nitrogens with two attached hydrogens (primary N) is 1. The molecular weight excluding hydrogens is 462 g/mol. The van der Waals surface area contributed by atoms with Crippen molar-refractivity contribution in [2.24, 2.45) is 11.7 Å². The van der Waals surface area contributed by atoms with Crippen LogP contribution in [0.2, 0.25) is 0 Å². The van der Waals surface area contributed by atoms with Gasteiger partial charge in [0.2, 0.25) is 0 Å². The van der Waals surface area contributed by atoms with Gasteiger partial charge in [0.1, 0.15) is 6.04 Å². The molecule has 0 radical (unpaired) electrons. The fourth-order valence-electron chi connectivity index (χ4n) is 3.16. The van der Waals surface area contributed by atoms with E-state index in [1.54, 1.807) is 20.8 Å². The van der Waals surface area contributed by atoms with Crippen molar-refractivity contribution in [1.29, 1.82) is 0 Å². The minimum Gasteiger partial charge on any atom is -0.480 e. The third-order valence-electron chi connectivity index (χ3n) is 5.16. The van der Waals surface area contributed by atoms with E-state index in [1.165, 1.54) is 18.2 Å². The lowest BCUT2D eigenvalue weighted by atomic mass is 9.87. The first-order valence-corrected chi connectivity index (χ1v) is 11.5. The van der Waals surface area contributed by atoms with Gasteiger partial charge in [0, 0.05) is 12.3 Å². The lowest BCUT2D eigenvalue weighted by molar-refractivity contribution is -0.149. The molecule has 0 amide bonds. The van der Waals surface area contributed by atoms with Gasteiger partial charge in [-0.15, -0.1) is 0 Å². The normalized spacial score (nSPS) is 14.1. The molecular formula is C24H35NO10. The second kappa shape index (κ2) is 14.8. The number of carboxylic acid groups (broad SMARTS) is 1. The van der Waals surface area contributed by atoms with Gasteiger partial charge in [-0.25, -0.2) is 9.59 Å². The molecule has 0 aliphatic rings. The van der Waals surface area contributed by atoms with Crippen molar-refractivity contribution in [2.75, 3.05) is 13.2 Å². The molecule has 1 rings (SSSR count). The van der Waals surface area contributed by atoms with E-state index < -0.39 is 36.3 Å². The van der Waals surface area contributed by atoms with Gasteiger partial charge in [0.25, 0.3) is 0 Å². The zero-order valence-electron chi connectivity index (χ0n) is 20.8. The average molecular weight is 498 g/mol. The Morgan fingerprint density at radius 1 is 0.943 bits per heavy atom. The molecule has 0 aromatic heterocycles. The minimum absolute atomic E-state index is 0.0403. The lowest BCUT2D eigenvalue weighted by Gasteiger charge is -2.25. The first kappa shape index (κ1) is 29.7. The summed E-state index contributed by atoms with van der Waals surface area (Å²) >= 11 is 0. The fraction of sp³-hybridized carbons (Fsp3) is 0.583. The van der Waals surface area contributed by atoms with E-state index in [0.717, 1.165) is 6.42 Å². The summed E-state index contributed by atoms with van der Waals surface area (Å²) in [6.45, 7) is 8.82. The molecule has 0 saturated heterocycles. The number of esters is 1. The van der Waals surface area contributed by atoms with Gasteiger partial charge in [-0.05, 0) is 50.8 Å². The van der Waals surface area contributed by atoms with Crippen LogP contribution in [0.4, 0.5) is 9.59 Å². The monoisotopic (exact) mass is 497 g/mol. The molecule has 0 aliphatic heterocycles. The van der Waals surface area contributed by atoms with Gasteiger partial charge in [-0.3, -0.25) is 9.59 Å². The van der Waals surface area contributed by atoms with Crippen LogP contribution in [0, 0.1) is 5.92 Å². The van der Waals surface area contributed by atoms with E-state index in [0.29, 0.717) is 5.56 Å².